The van der Waals surface area contributed by atoms with Crippen LogP contribution in [-0.2, 0) is 42.7 Å². The molecule has 1 aromatic carbocycles. The lowest BCUT2D eigenvalue weighted by Crippen LogP contribution is -2.19. The van der Waals surface area contributed by atoms with Gasteiger partial charge in [-0.15, -0.1) is 0 Å². The van der Waals surface area contributed by atoms with Crippen LogP contribution in [0.15, 0.2) is 29.2 Å². The highest BCUT2D eigenvalue weighted by Gasteiger charge is 2.14. The van der Waals surface area contributed by atoms with Crippen LogP contribution in [0, 0.1) is 6.92 Å². The molecule has 0 N–H and O–H groups in total. The molecule has 0 heterocycles. The Hall–Kier alpha value is -1.15. The Morgan fingerprint density at radius 3 is 1.32 bits per heavy atom. The highest BCUT2D eigenvalue weighted by atomic mass is 32.2. The maximum atomic E-state index is 12.0. The Labute approximate surface area is 204 Å². The molecule has 0 aliphatic rings. The molecule has 10 nitrogen and oxygen atoms in total. The summed E-state index contributed by atoms with van der Waals surface area (Å²) in [6.07, 6.45) is 0. The zero-order chi connectivity index (χ0) is 24.9. The molecule has 0 aliphatic carbocycles. The zero-order valence-electron chi connectivity index (χ0n) is 20.7. The molecule has 0 fully saturated rings. The maximum absolute atomic E-state index is 12.0. The number of hydrogen-bond acceptors (Lipinski definition) is 10. The van der Waals surface area contributed by atoms with E-state index in [1.54, 1.807) is 12.1 Å². The van der Waals surface area contributed by atoms with Crippen LogP contribution in [0.25, 0.3) is 0 Å². The molecule has 1 rings (SSSR count). The van der Waals surface area contributed by atoms with E-state index in [1.807, 2.05) is 21.0 Å². The standard InChI is InChI=1S/C23H41NO9S/c1-22-4-6-23(7-5-22)34(25,26)33-21-20-32-19-18-31-17-16-30-15-14-29-13-12-28-11-10-27-9-8-24(2)3/h4-7H,8-21H2,1-3H3. The van der Waals surface area contributed by atoms with Gasteiger partial charge in [0.25, 0.3) is 10.1 Å². The van der Waals surface area contributed by atoms with Crippen molar-refractivity contribution in [2.24, 2.45) is 0 Å². The molecule has 34 heavy (non-hydrogen) atoms. The first-order chi connectivity index (χ1) is 16.4. The minimum atomic E-state index is -3.75. The van der Waals surface area contributed by atoms with Crippen molar-refractivity contribution in [3.05, 3.63) is 29.8 Å². The summed E-state index contributed by atoms with van der Waals surface area (Å²) in [5, 5.41) is 0. The summed E-state index contributed by atoms with van der Waals surface area (Å²) < 4.78 is 61.4. The molecule has 0 radical (unpaired) electrons. The van der Waals surface area contributed by atoms with Crippen molar-refractivity contribution >= 4 is 10.1 Å². The summed E-state index contributed by atoms with van der Waals surface area (Å²) in [6.45, 7) is 8.44. The molecule has 0 atom stereocenters. The van der Waals surface area contributed by atoms with E-state index in [0.29, 0.717) is 72.7 Å². The van der Waals surface area contributed by atoms with Gasteiger partial charge in [0.1, 0.15) is 0 Å². The summed E-state index contributed by atoms with van der Waals surface area (Å²) in [5.74, 6) is 0. The molecule has 0 aromatic heterocycles. The van der Waals surface area contributed by atoms with Gasteiger partial charge >= 0.3 is 0 Å². The van der Waals surface area contributed by atoms with Crippen LogP contribution < -0.4 is 0 Å². The van der Waals surface area contributed by atoms with Crippen molar-refractivity contribution in [1.82, 2.24) is 4.90 Å². The number of hydrogen-bond donors (Lipinski definition) is 0. The number of nitrogens with zero attached hydrogens (tertiary/aromatic N) is 1. The quantitative estimate of drug-likeness (QED) is 0.159. The first-order valence-corrected chi connectivity index (χ1v) is 12.9. The molecular formula is C23H41NO9S. The molecule has 0 saturated carbocycles. The van der Waals surface area contributed by atoms with Crippen LogP contribution in [0.4, 0.5) is 0 Å². The van der Waals surface area contributed by atoms with Crippen molar-refractivity contribution in [2.75, 3.05) is 107 Å². The second-order valence-electron chi connectivity index (χ2n) is 7.57. The van der Waals surface area contributed by atoms with Gasteiger partial charge in [0, 0.05) is 6.54 Å². The van der Waals surface area contributed by atoms with Crippen molar-refractivity contribution < 1.29 is 41.0 Å². The van der Waals surface area contributed by atoms with Crippen molar-refractivity contribution in [2.45, 2.75) is 11.8 Å². The molecule has 0 bridgehead atoms. The van der Waals surface area contributed by atoms with Crippen molar-refractivity contribution in [3.8, 4) is 0 Å². The van der Waals surface area contributed by atoms with E-state index in [4.69, 9.17) is 32.6 Å². The van der Waals surface area contributed by atoms with Crippen LogP contribution in [0.2, 0.25) is 0 Å². The number of benzene rings is 1. The predicted molar refractivity (Wildman–Crippen MR) is 128 cm³/mol. The average molecular weight is 508 g/mol. The number of aryl methyl sites for hydroxylation is 1. The Morgan fingerprint density at radius 1 is 0.588 bits per heavy atom. The van der Waals surface area contributed by atoms with E-state index >= 15 is 0 Å². The molecule has 0 amide bonds. The number of ether oxygens (including phenoxy) is 6. The number of rotatable bonds is 23. The Balaban J connectivity index is 1.78. The molecule has 0 aliphatic heterocycles. The van der Waals surface area contributed by atoms with E-state index in [2.05, 4.69) is 4.90 Å². The third-order valence-corrected chi connectivity index (χ3v) is 5.65. The summed E-state index contributed by atoms with van der Waals surface area (Å²) in [7, 11) is 0.264. The molecule has 1 aromatic rings. The summed E-state index contributed by atoms with van der Waals surface area (Å²) >= 11 is 0. The Morgan fingerprint density at radius 2 is 0.941 bits per heavy atom. The van der Waals surface area contributed by atoms with E-state index in [9.17, 15) is 8.42 Å². The lowest BCUT2D eigenvalue weighted by molar-refractivity contribution is -0.0181. The smallest absolute Gasteiger partial charge is 0.297 e. The van der Waals surface area contributed by atoms with E-state index in [1.165, 1.54) is 12.1 Å². The van der Waals surface area contributed by atoms with Gasteiger partial charge in [-0.05, 0) is 33.2 Å². The van der Waals surface area contributed by atoms with E-state index in [-0.39, 0.29) is 18.1 Å². The minimum absolute atomic E-state index is 0.0467. The first-order valence-electron chi connectivity index (χ1n) is 11.5. The average Bonchev–Trinajstić information content (AvgIpc) is 2.80. The molecule has 0 spiro atoms. The molecule has 0 saturated heterocycles. The van der Waals surface area contributed by atoms with Gasteiger partial charge in [-0.25, -0.2) is 0 Å². The third-order valence-electron chi connectivity index (χ3n) is 4.32. The fourth-order valence-electron chi connectivity index (χ4n) is 2.42. The topological polar surface area (TPSA) is 102 Å². The normalized spacial score (nSPS) is 12.0. The van der Waals surface area contributed by atoms with Crippen LogP contribution in [0.5, 0.6) is 0 Å². The first kappa shape index (κ1) is 30.9. The molecular weight excluding hydrogens is 466 g/mol. The fourth-order valence-corrected chi connectivity index (χ4v) is 3.32. The van der Waals surface area contributed by atoms with Crippen LogP contribution >= 0.6 is 0 Å². The Bertz CT molecular complexity index is 699. The predicted octanol–water partition coefficient (Wildman–Crippen LogP) is 1.36. The third kappa shape index (κ3) is 17.3. The van der Waals surface area contributed by atoms with Crippen molar-refractivity contribution in [1.29, 1.82) is 0 Å². The van der Waals surface area contributed by atoms with Gasteiger partial charge < -0.3 is 33.3 Å². The maximum Gasteiger partial charge on any atom is 0.297 e. The molecule has 0 unspecified atom stereocenters. The van der Waals surface area contributed by atoms with Gasteiger partial charge in [0.05, 0.1) is 90.8 Å². The lowest BCUT2D eigenvalue weighted by atomic mass is 10.2. The van der Waals surface area contributed by atoms with Gasteiger partial charge in [-0.3, -0.25) is 4.18 Å². The monoisotopic (exact) mass is 507 g/mol. The van der Waals surface area contributed by atoms with E-state index in [0.717, 1.165) is 12.1 Å². The minimum Gasteiger partial charge on any atom is -0.378 e. The summed E-state index contributed by atoms with van der Waals surface area (Å²) in [6, 6.07) is 6.50. The van der Waals surface area contributed by atoms with Gasteiger partial charge in [0.2, 0.25) is 0 Å². The van der Waals surface area contributed by atoms with Crippen LogP contribution in [-0.4, -0.2) is 120 Å². The lowest BCUT2D eigenvalue weighted by Gasteiger charge is -2.10. The van der Waals surface area contributed by atoms with Gasteiger partial charge in [-0.1, -0.05) is 17.7 Å². The van der Waals surface area contributed by atoms with Crippen LogP contribution in [0.3, 0.4) is 0 Å². The van der Waals surface area contributed by atoms with Crippen molar-refractivity contribution in [3.63, 3.8) is 0 Å². The van der Waals surface area contributed by atoms with Crippen LogP contribution in [0.1, 0.15) is 5.56 Å². The Kier molecular flexibility index (Phi) is 18.2. The molecule has 11 heteroatoms. The number of likely N-dealkylation sites (N-methyl/N-ethyl adjacent to an activating group) is 1. The molecule has 198 valence electrons. The summed E-state index contributed by atoms with van der Waals surface area (Å²) in [4.78, 5) is 2.21. The highest BCUT2D eigenvalue weighted by Crippen LogP contribution is 2.12. The zero-order valence-corrected chi connectivity index (χ0v) is 21.6. The largest absolute Gasteiger partial charge is 0.378 e. The van der Waals surface area contributed by atoms with Gasteiger partial charge in [0.15, 0.2) is 0 Å². The second-order valence-corrected chi connectivity index (χ2v) is 9.18. The van der Waals surface area contributed by atoms with E-state index < -0.39 is 10.1 Å². The van der Waals surface area contributed by atoms with Gasteiger partial charge in [-0.2, -0.15) is 8.42 Å². The summed E-state index contributed by atoms with van der Waals surface area (Å²) in [5.41, 5.74) is 0.982. The highest BCUT2D eigenvalue weighted by molar-refractivity contribution is 7.86. The second kappa shape index (κ2) is 20.1. The SMILES string of the molecule is Cc1ccc(S(=O)(=O)OCCOCCOCCOCCOCCOCCOCCN(C)C)cc1. The fraction of sp³-hybridized carbons (Fsp3) is 0.739.